The molecule has 1 aromatic rings. The Morgan fingerprint density at radius 3 is 2.93 bits per heavy atom. The third kappa shape index (κ3) is 3.06. The van der Waals surface area contributed by atoms with Crippen LogP contribution < -0.4 is 10.5 Å². The van der Waals surface area contributed by atoms with Gasteiger partial charge in [0, 0.05) is 11.0 Å². The first-order chi connectivity index (χ1) is 6.77. The Balaban J connectivity index is 2.72. The highest BCUT2D eigenvalue weighted by Crippen LogP contribution is 2.21. The van der Waals surface area contributed by atoms with E-state index in [0.717, 1.165) is 15.8 Å². The van der Waals surface area contributed by atoms with Gasteiger partial charge < -0.3 is 10.5 Å². The van der Waals surface area contributed by atoms with E-state index in [4.69, 9.17) is 10.5 Å². The number of ether oxygens (including phenoxy) is 1. The van der Waals surface area contributed by atoms with Crippen molar-refractivity contribution in [2.24, 2.45) is 5.73 Å². The first kappa shape index (κ1) is 11.1. The minimum absolute atomic E-state index is 0.419. The lowest BCUT2D eigenvalue weighted by Gasteiger charge is -2.05. The van der Waals surface area contributed by atoms with Crippen molar-refractivity contribution >= 4 is 15.9 Å². The molecule has 1 rings (SSSR count). The molecule has 0 radical (unpaired) electrons. The molecule has 0 aliphatic heterocycles. The first-order valence-corrected chi connectivity index (χ1v) is 5.08. The molecule has 0 saturated heterocycles. The first-order valence-electron chi connectivity index (χ1n) is 4.29. The van der Waals surface area contributed by atoms with Crippen LogP contribution >= 0.6 is 15.9 Å². The van der Waals surface area contributed by atoms with Crippen molar-refractivity contribution in [1.82, 2.24) is 0 Å². The summed E-state index contributed by atoms with van der Waals surface area (Å²) in [7, 11) is 0. The molecule has 0 spiro atoms. The van der Waals surface area contributed by atoms with Crippen LogP contribution in [0.2, 0.25) is 0 Å². The van der Waals surface area contributed by atoms with E-state index in [1.807, 2.05) is 18.2 Å². The molecule has 0 heterocycles. The van der Waals surface area contributed by atoms with Crippen LogP contribution in [0.15, 0.2) is 22.7 Å². The van der Waals surface area contributed by atoms with Crippen LogP contribution in [-0.4, -0.2) is 6.61 Å². The second-order valence-corrected chi connectivity index (χ2v) is 3.53. The van der Waals surface area contributed by atoms with Gasteiger partial charge in [0.05, 0.1) is 0 Å². The van der Waals surface area contributed by atoms with E-state index < -0.39 is 0 Å². The van der Waals surface area contributed by atoms with Crippen molar-refractivity contribution < 1.29 is 4.74 Å². The van der Waals surface area contributed by atoms with E-state index in [9.17, 15) is 0 Å². The summed E-state index contributed by atoms with van der Waals surface area (Å²) >= 11 is 3.41. The second-order valence-electron chi connectivity index (χ2n) is 2.67. The lowest BCUT2D eigenvalue weighted by Crippen LogP contribution is -1.99. The highest BCUT2D eigenvalue weighted by molar-refractivity contribution is 9.10. The van der Waals surface area contributed by atoms with Gasteiger partial charge in [0.2, 0.25) is 0 Å². The fourth-order valence-corrected chi connectivity index (χ4v) is 1.40. The van der Waals surface area contributed by atoms with E-state index in [0.29, 0.717) is 13.2 Å². The van der Waals surface area contributed by atoms with Crippen LogP contribution in [0, 0.1) is 11.8 Å². The van der Waals surface area contributed by atoms with Gasteiger partial charge in [-0.25, -0.2) is 0 Å². The zero-order valence-electron chi connectivity index (χ0n) is 8.01. The standard InChI is InChI=1S/C11H12BrNO/c1-2-3-6-14-10-4-5-11(12)9(7-10)8-13/h4-5,7H,6,8,13H2,1H3. The molecule has 0 unspecified atom stereocenters. The van der Waals surface area contributed by atoms with Gasteiger partial charge in [-0.05, 0) is 30.7 Å². The number of halogens is 1. The zero-order chi connectivity index (χ0) is 10.4. The normalized spacial score (nSPS) is 9.07. The van der Waals surface area contributed by atoms with Crippen LogP contribution in [0.1, 0.15) is 12.5 Å². The topological polar surface area (TPSA) is 35.2 Å². The van der Waals surface area contributed by atoms with Crippen molar-refractivity contribution in [1.29, 1.82) is 0 Å². The molecule has 74 valence electrons. The number of nitrogens with two attached hydrogens (primary N) is 1. The predicted octanol–water partition coefficient (Wildman–Crippen LogP) is 2.31. The summed E-state index contributed by atoms with van der Waals surface area (Å²) in [5, 5.41) is 0. The van der Waals surface area contributed by atoms with Crippen molar-refractivity contribution in [2.75, 3.05) is 6.61 Å². The number of hydrogen-bond acceptors (Lipinski definition) is 2. The highest BCUT2D eigenvalue weighted by atomic mass is 79.9. The average molecular weight is 254 g/mol. The molecular weight excluding hydrogens is 242 g/mol. The van der Waals surface area contributed by atoms with Crippen LogP contribution in [0.4, 0.5) is 0 Å². The van der Waals surface area contributed by atoms with Crippen molar-refractivity contribution in [3.8, 4) is 17.6 Å². The van der Waals surface area contributed by atoms with Gasteiger partial charge in [-0.3, -0.25) is 0 Å². The summed E-state index contributed by atoms with van der Waals surface area (Å²) in [6.07, 6.45) is 0. The molecule has 0 aliphatic rings. The Bertz CT molecular complexity index is 365. The maximum atomic E-state index is 5.56. The molecule has 0 aromatic heterocycles. The van der Waals surface area contributed by atoms with Crippen molar-refractivity contribution in [3.05, 3.63) is 28.2 Å². The summed E-state index contributed by atoms with van der Waals surface area (Å²) in [6, 6.07) is 5.74. The number of hydrogen-bond donors (Lipinski definition) is 1. The Kier molecular flexibility index (Phi) is 4.51. The van der Waals surface area contributed by atoms with Gasteiger partial charge in [0.25, 0.3) is 0 Å². The smallest absolute Gasteiger partial charge is 0.149 e. The van der Waals surface area contributed by atoms with E-state index in [-0.39, 0.29) is 0 Å². The summed E-state index contributed by atoms with van der Waals surface area (Å²) in [4.78, 5) is 0. The number of rotatable bonds is 3. The number of benzene rings is 1. The molecule has 14 heavy (non-hydrogen) atoms. The van der Waals surface area contributed by atoms with Crippen LogP contribution in [0.25, 0.3) is 0 Å². The summed E-state index contributed by atoms with van der Waals surface area (Å²) in [5.74, 6) is 6.40. The molecular formula is C11H12BrNO. The molecule has 1 aromatic carbocycles. The average Bonchev–Trinajstić information content (AvgIpc) is 2.21. The third-order valence-corrected chi connectivity index (χ3v) is 2.50. The summed E-state index contributed by atoms with van der Waals surface area (Å²) in [6.45, 7) is 2.70. The Hall–Kier alpha value is -0.980. The summed E-state index contributed by atoms with van der Waals surface area (Å²) < 4.78 is 6.40. The largest absolute Gasteiger partial charge is 0.481 e. The Morgan fingerprint density at radius 1 is 1.50 bits per heavy atom. The van der Waals surface area contributed by atoms with E-state index in [2.05, 4.69) is 27.8 Å². The molecule has 3 heteroatoms. The zero-order valence-corrected chi connectivity index (χ0v) is 9.60. The van der Waals surface area contributed by atoms with Crippen LogP contribution in [0.3, 0.4) is 0 Å². The molecule has 0 atom stereocenters. The van der Waals surface area contributed by atoms with Gasteiger partial charge in [-0.15, -0.1) is 5.92 Å². The van der Waals surface area contributed by atoms with E-state index >= 15 is 0 Å². The molecule has 0 saturated carbocycles. The summed E-state index contributed by atoms with van der Waals surface area (Å²) in [5.41, 5.74) is 6.60. The SMILES string of the molecule is CC#CCOc1ccc(Br)c(CN)c1. The van der Waals surface area contributed by atoms with Gasteiger partial charge in [-0.2, -0.15) is 0 Å². The molecule has 0 aliphatic carbocycles. The van der Waals surface area contributed by atoms with Gasteiger partial charge in [-0.1, -0.05) is 21.9 Å². The van der Waals surface area contributed by atoms with E-state index in [1.165, 1.54) is 0 Å². The second kappa shape index (κ2) is 5.69. The molecule has 0 amide bonds. The van der Waals surface area contributed by atoms with Gasteiger partial charge in [0.1, 0.15) is 12.4 Å². The molecule has 2 nitrogen and oxygen atoms in total. The predicted molar refractivity (Wildman–Crippen MR) is 61.0 cm³/mol. The Labute approximate surface area is 92.6 Å². The quantitative estimate of drug-likeness (QED) is 0.840. The highest BCUT2D eigenvalue weighted by Gasteiger charge is 1.99. The van der Waals surface area contributed by atoms with Gasteiger partial charge >= 0.3 is 0 Å². The van der Waals surface area contributed by atoms with Crippen molar-refractivity contribution in [2.45, 2.75) is 13.5 Å². The van der Waals surface area contributed by atoms with Crippen molar-refractivity contribution in [3.63, 3.8) is 0 Å². The fourth-order valence-electron chi connectivity index (χ4n) is 0.989. The van der Waals surface area contributed by atoms with Crippen LogP contribution in [-0.2, 0) is 6.54 Å². The monoisotopic (exact) mass is 253 g/mol. The maximum Gasteiger partial charge on any atom is 0.149 e. The Morgan fingerprint density at radius 2 is 2.29 bits per heavy atom. The molecule has 2 N–H and O–H groups in total. The van der Waals surface area contributed by atoms with Gasteiger partial charge in [0.15, 0.2) is 0 Å². The third-order valence-electron chi connectivity index (χ3n) is 1.72. The van der Waals surface area contributed by atoms with E-state index in [1.54, 1.807) is 6.92 Å². The minimum atomic E-state index is 0.419. The molecule has 0 bridgehead atoms. The maximum absolute atomic E-state index is 5.56. The van der Waals surface area contributed by atoms with Crippen LogP contribution in [0.5, 0.6) is 5.75 Å². The minimum Gasteiger partial charge on any atom is -0.481 e. The molecule has 0 fully saturated rings. The lowest BCUT2D eigenvalue weighted by atomic mass is 10.2. The lowest BCUT2D eigenvalue weighted by molar-refractivity contribution is 0.369. The fraction of sp³-hybridized carbons (Fsp3) is 0.273.